The van der Waals surface area contributed by atoms with E-state index in [-0.39, 0.29) is 12.6 Å². The molecule has 24 heavy (non-hydrogen) atoms. The fourth-order valence-corrected chi connectivity index (χ4v) is 3.76. The molecule has 2 fully saturated rings. The SMILES string of the molecule is O=C(O)C1CCCN(C(=O)Nc2cc(Br)ccc2N2CCCC2)C1. The standard InChI is InChI=1S/C17H22BrN3O3/c18-13-5-6-15(20-7-1-2-8-20)14(10-13)19-17(24)21-9-3-4-12(11-21)16(22)23/h5-6,10,12H,1-4,7-9,11H2,(H,19,24)(H,22,23). The second kappa shape index (κ2) is 7.42. The number of amides is 2. The van der Waals surface area contributed by atoms with Gasteiger partial charge in [-0.2, -0.15) is 0 Å². The molecule has 2 amide bonds. The van der Waals surface area contributed by atoms with Crippen LogP contribution in [0.15, 0.2) is 22.7 Å². The smallest absolute Gasteiger partial charge is 0.321 e. The van der Waals surface area contributed by atoms with Crippen LogP contribution in [0.25, 0.3) is 0 Å². The minimum Gasteiger partial charge on any atom is -0.481 e. The summed E-state index contributed by atoms with van der Waals surface area (Å²) < 4.78 is 0.905. The molecule has 2 aliphatic heterocycles. The number of anilines is 2. The van der Waals surface area contributed by atoms with Crippen LogP contribution in [0.4, 0.5) is 16.2 Å². The number of carbonyl (C=O) groups excluding carboxylic acids is 1. The highest BCUT2D eigenvalue weighted by Gasteiger charge is 2.28. The topological polar surface area (TPSA) is 72.9 Å². The Morgan fingerprint density at radius 1 is 1.17 bits per heavy atom. The molecule has 2 heterocycles. The van der Waals surface area contributed by atoms with Crippen LogP contribution >= 0.6 is 15.9 Å². The van der Waals surface area contributed by atoms with Crippen molar-refractivity contribution < 1.29 is 14.7 Å². The van der Waals surface area contributed by atoms with Gasteiger partial charge in [-0.15, -0.1) is 0 Å². The van der Waals surface area contributed by atoms with Gasteiger partial charge in [0.1, 0.15) is 0 Å². The molecule has 1 aromatic carbocycles. The van der Waals surface area contributed by atoms with E-state index in [4.69, 9.17) is 0 Å². The first kappa shape index (κ1) is 17.1. The summed E-state index contributed by atoms with van der Waals surface area (Å²) in [5.74, 6) is -1.29. The fourth-order valence-electron chi connectivity index (χ4n) is 3.40. The quantitative estimate of drug-likeness (QED) is 0.822. The molecule has 0 radical (unpaired) electrons. The van der Waals surface area contributed by atoms with Gasteiger partial charge in [0.25, 0.3) is 0 Å². The van der Waals surface area contributed by atoms with E-state index in [0.29, 0.717) is 13.0 Å². The zero-order valence-electron chi connectivity index (χ0n) is 13.5. The third kappa shape index (κ3) is 3.83. The molecule has 6 nitrogen and oxygen atoms in total. The van der Waals surface area contributed by atoms with Gasteiger partial charge in [0, 0.05) is 30.7 Å². The van der Waals surface area contributed by atoms with Crippen LogP contribution in [0.5, 0.6) is 0 Å². The van der Waals surface area contributed by atoms with E-state index in [1.807, 2.05) is 18.2 Å². The molecule has 1 aromatic rings. The highest BCUT2D eigenvalue weighted by atomic mass is 79.9. The van der Waals surface area contributed by atoms with Crippen LogP contribution in [-0.2, 0) is 4.79 Å². The highest BCUT2D eigenvalue weighted by molar-refractivity contribution is 9.10. The Bertz CT molecular complexity index is 632. The Morgan fingerprint density at radius 2 is 1.92 bits per heavy atom. The van der Waals surface area contributed by atoms with Crippen LogP contribution in [0.3, 0.4) is 0 Å². The Balaban J connectivity index is 1.74. The fraction of sp³-hybridized carbons (Fsp3) is 0.529. The van der Waals surface area contributed by atoms with Crippen LogP contribution in [0.1, 0.15) is 25.7 Å². The van der Waals surface area contributed by atoms with Crippen molar-refractivity contribution in [1.82, 2.24) is 4.90 Å². The number of hydrogen-bond acceptors (Lipinski definition) is 3. The van der Waals surface area contributed by atoms with Gasteiger partial charge in [-0.3, -0.25) is 4.79 Å². The van der Waals surface area contributed by atoms with E-state index < -0.39 is 11.9 Å². The number of urea groups is 1. The summed E-state index contributed by atoms with van der Waals surface area (Å²) >= 11 is 3.46. The number of carboxylic acid groups (broad SMARTS) is 1. The summed E-state index contributed by atoms with van der Waals surface area (Å²) in [6.45, 7) is 2.86. The Kier molecular flexibility index (Phi) is 5.28. The van der Waals surface area contributed by atoms with Crippen molar-refractivity contribution in [3.63, 3.8) is 0 Å². The first-order valence-electron chi connectivity index (χ1n) is 8.38. The van der Waals surface area contributed by atoms with Crippen molar-refractivity contribution in [2.45, 2.75) is 25.7 Å². The molecule has 0 spiro atoms. The van der Waals surface area contributed by atoms with Gasteiger partial charge < -0.3 is 20.2 Å². The number of halogens is 1. The summed E-state index contributed by atoms with van der Waals surface area (Å²) in [5.41, 5.74) is 1.80. The normalized spacial score (nSPS) is 21.0. The van der Waals surface area contributed by atoms with Crippen molar-refractivity contribution in [2.75, 3.05) is 36.4 Å². The van der Waals surface area contributed by atoms with E-state index in [1.165, 1.54) is 0 Å². The number of benzene rings is 1. The molecule has 0 aliphatic carbocycles. The number of carboxylic acids is 1. The van der Waals surface area contributed by atoms with Crippen LogP contribution < -0.4 is 10.2 Å². The van der Waals surface area contributed by atoms with Crippen LogP contribution in [-0.4, -0.2) is 48.2 Å². The number of rotatable bonds is 3. The summed E-state index contributed by atoms with van der Waals surface area (Å²) in [4.78, 5) is 27.7. The molecule has 0 aromatic heterocycles. The maximum atomic E-state index is 12.6. The third-order valence-corrected chi connectivity index (χ3v) is 5.20. The molecule has 3 rings (SSSR count). The molecular formula is C17H22BrN3O3. The number of piperidine rings is 1. The average Bonchev–Trinajstić information content (AvgIpc) is 3.09. The van der Waals surface area contributed by atoms with Gasteiger partial charge in [0.05, 0.1) is 17.3 Å². The molecule has 1 unspecified atom stereocenters. The lowest BCUT2D eigenvalue weighted by Gasteiger charge is -2.31. The van der Waals surface area contributed by atoms with E-state index in [9.17, 15) is 14.7 Å². The van der Waals surface area contributed by atoms with Crippen molar-refractivity contribution in [1.29, 1.82) is 0 Å². The van der Waals surface area contributed by atoms with E-state index >= 15 is 0 Å². The minimum absolute atomic E-state index is 0.223. The number of aliphatic carboxylic acids is 1. The second-order valence-electron chi connectivity index (χ2n) is 6.41. The summed E-state index contributed by atoms with van der Waals surface area (Å²) in [6.07, 6.45) is 3.68. The lowest BCUT2D eigenvalue weighted by atomic mass is 9.99. The van der Waals surface area contributed by atoms with Crippen molar-refractivity contribution in [3.05, 3.63) is 22.7 Å². The van der Waals surface area contributed by atoms with Gasteiger partial charge in [0.15, 0.2) is 0 Å². The van der Waals surface area contributed by atoms with Crippen LogP contribution in [0, 0.1) is 5.92 Å². The molecule has 1 atom stereocenters. The molecule has 0 saturated carbocycles. The van der Waals surface area contributed by atoms with Crippen molar-refractivity contribution in [3.8, 4) is 0 Å². The number of hydrogen-bond donors (Lipinski definition) is 2. The predicted molar refractivity (Wildman–Crippen MR) is 96.5 cm³/mol. The largest absolute Gasteiger partial charge is 0.481 e. The predicted octanol–water partition coefficient (Wildman–Crippen LogP) is 3.38. The molecule has 2 N–H and O–H groups in total. The maximum absolute atomic E-state index is 12.6. The molecule has 2 saturated heterocycles. The Labute approximate surface area is 149 Å². The van der Waals surface area contributed by atoms with Gasteiger partial charge in [-0.25, -0.2) is 4.79 Å². The van der Waals surface area contributed by atoms with Gasteiger partial charge in [-0.1, -0.05) is 15.9 Å². The van der Waals surface area contributed by atoms with E-state index in [2.05, 4.69) is 26.1 Å². The molecule has 7 heteroatoms. The molecular weight excluding hydrogens is 374 g/mol. The Morgan fingerprint density at radius 3 is 2.62 bits per heavy atom. The number of likely N-dealkylation sites (tertiary alicyclic amines) is 1. The van der Waals surface area contributed by atoms with E-state index in [1.54, 1.807) is 4.90 Å². The molecule has 2 aliphatic rings. The second-order valence-corrected chi connectivity index (χ2v) is 7.32. The molecule has 0 bridgehead atoms. The van der Waals surface area contributed by atoms with Crippen LogP contribution in [0.2, 0.25) is 0 Å². The maximum Gasteiger partial charge on any atom is 0.321 e. The summed E-state index contributed by atoms with van der Waals surface area (Å²) in [7, 11) is 0. The zero-order chi connectivity index (χ0) is 17.1. The monoisotopic (exact) mass is 395 g/mol. The lowest BCUT2D eigenvalue weighted by Crippen LogP contribution is -2.44. The minimum atomic E-state index is -0.826. The average molecular weight is 396 g/mol. The number of nitrogens with zero attached hydrogens (tertiary/aromatic N) is 2. The van der Waals surface area contributed by atoms with Crippen molar-refractivity contribution >= 4 is 39.3 Å². The lowest BCUT2D eigenvalue weighted by molar-refractivity contribution is -0.143. The van der Waals surface area contributed by atoms with Crippen molar-refractivity contribution in [2.24, 2.45) is 5.92 Å². The van der Waals surface area contributed by atoms with E-state index in [0.717, 1.165) is 48.2 Å². The third-order valence-electron chi connectivity index (χ3n) is 4.70. The Hall–Kier alpha value is -1.76. The van der Waals surface area contributed by atoms with Gasteiger partial charge >= 0.3 is 12.0 Å². The number of carbonyl (C=O) groups is 2. The summed E-state index contributed by atoms with van der Waals surface area (Å²) in [6, 6.07) is 5.68. The highest BCUT2D eigenvalue weighted by Crippen LogP contribution is 2.32. The number of nitrogens with one attached hydrogen (secondary N) is 1. The summed E-state index contributed by atoms with van der Waals surface area (Å²) in [5, 5.41) is 12.2. The van der Waals surface area contributed by atoms with Gasteiger partial charge in [-0.05, 0) is 43.9 Å². The molecule has 130 valence electrons. The first-order valence-corrected chi connectivity index (χ1v) is 9.17. The first-order chi connectivity index (χ1) is 11.5. The van der Waals surface area contributed by atoms with Gasteiger partial charge in [0.2, 0.25) is 0 Å². The zero-order valence-corrected chi connectivity index (χ0v) is 15.1.